The van der Waals surface area contributed by atoms with Crippen LogP contribution in [-0.4, -0.2) is 68.8 Å². The summed E-state index contributed by atoms with van der Waals surface area (Å²) >= 11 is 0. The highest BCUT2D eigenvalue weighted by molar-refractivity contribution is 4.94. The molecule has 6 nitrogen and oxygen atoms in total. The molecule has 1 fully saturated rings. The van der Waals surface area contributed by atoms with Gasteiger partial charge in [0, 0.05) is 0 Å². The van der Waals surface area contributed by atoms with E-state index in [1.807, 2.05) is 0 Å². The summed E-state index contributed by atoms with van der Waals surface area (Å²) < 4.78 is 28.3. The molecule has 1 aliphatic heterocycles. The van der Waals surface area contributed by atoms with Gasteiger partial charge in [0.25, 0.3) is 0 Å². The fourth-order valence-electron chi connectivity index (χ4n) is 2.40. The molecular formula is C18H28O6. The maximum absolute atomic E-state index is 10.3. The van der Waals surface area contributed by atoms with Crippen molar-refractivity contribution in [2.24, 2.45) is 0 Å². The van der Waals surface area contributed by atoms with Crippen LogP contribution in [0.1, 0.15) is 0 Å². The molecule has 1 rings (SSSR count). The Morgan fingerprint density at radius 3 is 1.79 bits per heavy atom. The van der Waals surface area contributed by atoms with Gasteiger partial charge in [0.15, 0.2) is 6.29 Å². The van der Waals surface area contributed by atoms with Crippen molar-refractivity contribution >= 4 is 0 Å². The molecule has 0 saturated carbocycles. The van der Waals surface area contributed by atoms with Crippen LogP contribution in [0.5, 0.6) is 0 Å². The Morgan fingerprint density at radius 1 is 0.750 bits per heavy atom. The Hall–Kier alpha value is -1.28. The lowest BCUT2D eigenvalue weighted by atomic mass is 9.98. The van der Waals surface area contributed by atoms with Gasteiger partial charge in [-0.25, -0.2) is 0 Å². The maximum Gasteiger partial charge on any atom is 0.184 e. The van der Waals surface area contributed by atoms with E-state index in [2.05, 4.69) is 26.3 Å². The molecule has 5 atom stereocenters. The lowest BCUT2D eigenvalue weighted by Crippen LogP contribution is -2.61. The zero-order valence-electron chi connectivity index (χ0n) is 14.0. The molecule has 136 valence electrons. The molecule has 0 bridgehead atoms. The second-order valence-corrected chi connectivity index (χ2v) is 5.15. The molecule has 1 saturated heterocycles. The van der Waals surface area contributed by atoms with Crippen molar-refractivity contribution in [2.75, 3.05) is 33.0 Å². The van der Waals surface area contributed by atoms with Crippen molar-refractivity contribution in [3.8, 4) is 0 Å². The normalized spacial score (nSPS) is 29.8. The van der Waals surface area contributed by atoms with Gasteiger partial charge in [0.05, 0.1) is 33.0 Å². The van der Waals surface area contributed by atoms with Crippen LogP contribution in [-0.2, 0) is 23.7 Å². The molecule has 0 spiro atoms. The molecule has 1 N–H and O–H groups in total. The highest BCUT2D eigenvalue weighted by Gasteiger charge is 2.47. The van der Waals surface area contributed by atoms with Gasteiger partial charge in [-0.15, -0.1) is 26.3 Å². The third-order valence-corrected chi connectivity index (χ3v) is 3.35. The quantitative estimate of drug-likeness (QED) is 0.406. The molecule has 0 unspecified atom stereocenters. The fraction of sp³-hybridized carbons (Fsp3) is 0.556. The van der Waals surface area contributed by atoms with Crippen LogP contribution in [0.4, 0.5) is 0 Å². The molecule has 0 aromatic rings. The van der Waals surface area contributed by atoms with Crippen LogP contribution in [0.25, 0.3) is 0 Å². The second kappa shape index (κ2) is 12.1. The second-order valence-electron chi connectivity index (χ2n) is 5.15. The molecular weight excluding hydrogens is 312 g/mol. The maximum atomic E-state index is 10.3. The predicted octanol–water partition coefficient (Wildman–Crippen LogP) is 1.62. The Morgan fingerprint density at radius 2 is 1.25 bits per heavy atom. The van der Waals surface area contributed by atoms with Crippen molar-refractivity contribution in [3.63, 3.8) is 0 Å². The van der Waals surface area contributed by atoms with Crippen LogP contribution >= 0.6 is 0 Å². The van der Waals surface area contributed by atoms with E-state index in [4.69, 9.17) is 23.7 Å². The van der Waals surface area contributed by atoms with E-state index >= 15 is 0 Å². The highest BCUT2D eigenvalue weighted by Crippen LogP contribution is 2.27. The van der Waals surface area contributed by atoms with Crippen LogP contribution in [0.15, 0.2) is 50.6 Å². The average molecular weight is 340 g/mol. The topological polar surface area (TPSA) is 66.4 Å². The number of ether oxygens (including phenoxy) is 5. The van der Waals surface area contributed by atoms with Gasteiger partial charge in [-0.1, -0.05) is 24.3 Å². The summed E-state index contributed by atoms with van der Waals surface area (Å²) in [5, 5.41) is 10.3. The van der Waals surface area contributed by atoms with Crippen LogP contribution in [0, 0.1) is 0 Å². The molecule has 0 aromatic carbocycles. The van der Waals surface area contributed by atoms with Crippen molar-refractivity contribution in [2.45, 2.75) is 30.7 Å². The summed E-state index contributed by atoms with van der Waals surface area (Å²) in [6, 6.07) is 0. The molecule has 0 aliphatic carbocycles. The van der Waals surface area contributed by atoms with Crippen LogP contribution < -0.4 is 0 Å². The first kappa shape index (κ1) is 20.8. The monoisotopic (exact) mass is 340 g/mol. The first-order valence-electron chi connectivity index (χ1n) is 7.89. The van der Waals surface area contributed by atoms with E-state index < -0.39 is 30.7 Å². The SMILES string of the molecule is C=CCOC[C@H]1O[C@@H](O)[C@H](OCC=C)[C@@H](OCC=C)[C@H]1OCC=C. The summed E-state index contributed by atoms with van der Waals surface area (Å²) in [6.07, 6.45) is 3.05. The Labute approximate surface area is 144 Å². The summed E-state index contributed by atoms with van der Waals surface area (Å²) in [6.45, 7) is 16.0. The first-order chi connectivity index (χ1) is 11.7. The highest BCUT2D eigenvalue weighted by atomic mass is 16.7. The minimum absolute atomic E-state index is 0.229. The Kier molecular flexibility index (Phi) is 10.5. The lowest BCUT2D eigenvalue weighted by Gasteiger charge is -2.44. The van der Waals surface area contributed by atoms with Crippen molar-refractivity contribution in [1.82, 2.24) is 0 Å². The minimum Gasteiger partial charge on any atom is -0.375 e. The standard InChI is InChI=1S/C18H28O6/c1-5-9-20-13-14-15(21-10-6-2)16(22-11-7-3)17(18(19)24-14)23-12-8-4/h5-8,14-19H,1-4,9-13H2/t14-,15+,16+,17-,18-/m1/s1. The van der Waals surface area contributed by atoms with E-state index in [1.54, 1.807) is 24.3 Å². The first-order valence-corrected chi connectivity index (χ1v) is 7.89. The number of rotatable bonds is 13. The summed E-state index contributed by atoms with van der Waals surface area (Å²) in [5.74, 6) is 0. The van der Waals surface area contributed by atoms with Gasteiger partial charge in [0.2, 0.25) is 0 Å². The number of hydrogen-bond acceptors (Lipinski definition) is 6. The predicted molar refractivity (Wildman–Crippen MR) is 91.7 cm³/mol. The Bertz CT molecular complexity index is 397. The molecule has 1 heterocycles. The number of aliphatic hydroxyl groups is 1. The van der Waals surface area contributed by atoms with Crippen molar-refractivity contribution < 1.29 is 28.8 Å². The molecule has 0 aromatic heterocycles. The van der Waals surface area contributed by atoms with Crippen LogP contribution in [0.3, 0.4) is 0 Å². The van der Waals surface area contributed by atoms with E-state index in [1.165, 1.54) is 0 Å². The van der Waals surface area contributed by atoms with E-state index in [9.17, 15) is 5.11 Å². The molecule has 1 aliphatic rings. The van der Waals surface area contributed by atoms with Gasteiger partial charge >= 0.3 is 0 Å². The zero-order chi connectivity index (χ0) is 17.8. The number of hydrogen-bond donors (Lipinski definition) is 1. The van der Waals surface area contributed by atoms with E-state index in [0.717, 1.165) is 0 Å². The summed E-state index contributed by atoms with van der Waals surface area (Å²) in [4.78, 5) is 0. The van der Waals surface area contributed by atoms with E-state index in [0.29, 0.717) is 19.8 Å². The van der Waals surface area contributed by atoms with Gasteiger partial charge < -0.3 is 28.8 Å². The van der Waals surface area contributed by atoms with Gasteiger partial charge in [0.1, 0.15) is 24.4 Å². The van der Waals surface area contributed by atoms with Gasteiger partial charge in [-0.2, -0.15) is 0 Å². The minimum atomic E-state index is -1.17. The smallest absolute Gasteiger partial charge is 0.184 e. The fourth-order valence-corrected chi connectivity index (χ4v) is 2.40. The van der Waals surface area contributed by atoms with Gasteiger partial charge in [-0.05, 0) is 0 Å². The van der Waals surface area contributed by atoms with Crippen LogP contribution in [0.2, 0.25) is 0 Å². The van der Waals surface area contributed by atoms with Crippen molar-refractivity contribution in [3.05, 3.63) is 50.6 Å². The molecule has 0 radical (unpaired) electrons. The van der Waals surface area contributed by atoms with Crippen molar-refractivity contribution in [1.29, 1.82) is 0 Å². The molecule has 0 amide bonds. The Balaban J connectivity index is 2.92. The average Bonchev–Trinajstić information content (AvgIpc) is 2.58. The van der Waals surface area contributed by atoms with Gasteiger partial charge in [-0.3, -0.25) is 0 Å². The third kappa shape index (κ3) is 6.32. The largest absolute Gasteiger partial charge is 0.375 e. The summed E-state index contributed by atoms with van der Waals surface area (Å²) in [7, 11) is 0. The third-order valence-electron chi connectivity index (χ3n) is 3.35. The lowest BCUT2D eigenvalue weighted by molar-refractivity contribution is -0.307. The van der Waals surface area contributed by atoms with E-state index in [-0.39, 0.29) is 13.2 Å². The number of aliphatic hydroxyl groups excluding tert-OH is 1. The summed E-state index contributed by atoms with van der Waals surface area (Å²) in [5.41, 5.74) is 0. The zero-order valence-corrected chi connectivity index (χ0v) is 14.0. The molecule has 24 heavy (non-hydrogen) atoms. The molecule has 6 heteroatoms.